The molecule has 2 aromatic rings. The Bertz CT molecular complexity index is 908. The van der Waals surface area contributed by atoms with Crippen LogP contribution in [0.15, 0.2) is 48.5 Å². The van der Waals surface area contributed by atoms with Crippen LogP contribution in [0.3, 0.4) is 0 Å². The minimum Gasteiger partial charge on any atom is -0.497 e. The fourth-order valence-electron chi connectivity index (χ4n) is 2.29. The summed E-state index contributed by atoms with van der Waals surface area (Å²) < 4.78 is 34.8. The highest BCUT2D eigenvalue weighted by atomic mass is 32.2. The first-order chi connectivity index (χ1) is 12.7. The zero-order chi connectivity index (χ0) is 20.0. The fourth-order valence-corrected chi connectivity index (χ4v) is 3.14. The number of carbonyl (C=O) groups is 2. The largest absolute Gasteiger partial charge is 0.497 e. The first-order valence-electron chi connectivity index (χ1n) is 7.84. The summed E-state index contributed by atoms with van der Waals surface area (Å²) >= 11 is 0. The molecule has 0 aliphatic heterocycles. The summed E-state index contributed by atoms with van der Waals surface area (Å²) in [5.74, 6) is -0.413. The Balaban J connectivity index is 2.16. The number of hydrogen-bond acceptors (Lipinski definition) is 6. The van der Waals surface area contributed by atoms with Crippen molar-refractivity contribution in [2.45, 2.75) is 0 Å². The van der Waals surface area contributed by atoms with Crippen molar-refractivity contribution in [2.75, 3.05) is 36.6 Å². The summed E-state index contributed by atoms with van der Waals surface area (Å²) in [4.78, 5) is 23.8. The number of rotatable bonds is 7. The lowest BCUT2D eigenvalue weighted by atomic mass is 10.2. The van der Waals surface area contributed by atoms with Crippen molar-refractivity contribution >= 4 is 33.3 Å². The predicted octanol–water partition coefficient (Wildman–Crippen LogP) is 1.89. The Labute approximate surface area is 157 Å². The predicted molar refractivity (Wildman–Crippen MR) is 102 cm³/mol. The average molecular weight is 392 g/mol. The molecule has 9 heteroatoms. The van der Waals surface area contributed by atoms with E-state index in [-0.39, 0.29) is 11.3 Å². The molecule has 1 amide bonds. The van der Waals surface area contributed by atoms with E-state index in [2.05, 4.69) is 10.1 Å². The highest BCUT2D eigenvalue weighted by molar-refractivity contribution is 7.92. The van der Waals surface area contributed by atoms with Gasteiger partial charge in [0.15, 0.2) is 0 Å². The highest BCUT2D eigenvalue weighted by Crippen LogP contribution is 2.20. The molecule has 0 saturated heterocycles. The molecule has 0 spiro atoms. The molecule has 2 aromatic carbocycles. The van der Waals surface area contributed by atoms with E-state index in [1.165, 1.54) is 38.5 Å². The summed E-state index contributed by atoms with van der Waals surface area (Å²) in [6, 6.07) is 12.4. The van der Waals surface area contributed by atoms with Gasteiger partial charge in [-0.05, 0) is 48.5 Å². The SMILES string of the molecule is COC(=O)c1ccc(N(CC(=O)Nc2ccc(OC)cc2)S(C)(=O)=O)cc1. The smallest absolute Gasteiger partial charge is 0.337 e. The Hall–Kier alpha value is -3.07. The van der Waals surface area contributed by atoms with Gasteiger partial charge < -0.3 is 14.8 Å². The van der Waals surface area contributed by atoms with Crippen molar-refractivity contribution < 1.29 is 27.5 Å². The first-order valence-corrected chi connectivity index (χ1v) is 9.69. The van der Waals surface area contributed by atoms with E-state index < -0.39 is 28.4 Å². The van der Waals surface area contributed by atoms with Crippen molar-refractivity contribution in [1.29, 1.82) is 0 Å². The van der Waals surface area contributed by atoms with Gasteiger partial charge in [-0.1, -0.05) is 0 Å². The van der Waals surface area contributed by atoms with Gasteiger partial charge >= 0.3 is 5.97 Å². The number of sulfonamides is 1. The lowest BCUT2D eigenvalue weighted by Gasteiger charge is -2.22. The van der Waals surface area contributed by atoms with Gasteiger partial charge in [0.05, 0.1) is 31.7 Å². The van der Waals surface area contributed by atoms with Crippen LogP contribution in [0.1, 0.15) is 10.4 Å². The normalized spacial score (nSPS) is 10.8. The summed E-state index contributed by atoms with van der Waals surface area (Å²) in [6.45, 7) is -0.414. The Morgan fingerprint density at radius 2 is 1.59 bits per heavy atom. The van der Waals surface area contributed by atoms with Crippen molar-refractivity contribution in [3.63, 3.8) is 0 Å². The molecule has 2 rings (SSSR count). The number of methoxy groups -OCH3 is 2. The third kappa shape index (κ3) is 5.45. The van der Waals surface area contributed by atoms with Crippen LogP contribution in [-0.2, 0) is 19.6 Å². The van der Waals surface area contributed by atoms with Crippen molar-refractivity contribution in [2.24, 2.45) is 0 Å². The molecule has 0 bridgehead atoms. The van der Waals surface area contributed by atoms with E-state index in [1.807, 2.05) is 0 Å². The molecule has 0 unspecified atom stereocenters. The Morgan fingerprint density at radius 1 is 1.00 bits per heavy atom. The number of hydrogen-bond donors (Lipinski definition) is 1. The number of nitrogens with one attached hydrogen (secondary N) is 1. The Morgan fingerprint density at radius 3 is 2.07 bits per heavy atom. The third-order valence-corrected chi connectivity index (χ3v) is 4.78. The molecule has 1 N–H and O–H groups in total. The van der Waals surface area contributed by atoms with E-state index in [0.29, 0.717) is 11.4 Å². The van der Waals surface area contributed by atoms with Crippen molar-refractivity contribution in [3.05, 3.63) is 54.1 Å². The number of carbonyl (C=O) groups excluding carboxylic acids is 2. The second-order valence-corrected chi connectivity index (χ2v) is 7.49. The van der Waals surface area contributed by atoms with Crippen LogP contribution in [-0.4, -0.2) is 47.3 Å². The van der Waals surface area contributed by atoms with Crippen LogP contribution in [0.5, 0.6) is 5.75 Å². The molecule has 0 aliphatic rings. The molecule has 8 nitrogen and oxygen atoms in total. The quantitative estimate of drug-likeness (QED) is 0.722. The molecular formula is C18H20N2O6S. The number of benzene rings is 2. The van der Waals surface area contributed by atoms with Crippen LogP contribution in [0.4, 0.5) is 11.4 Å². The summed E-state index contributed by atoms with van der Waals surface area (Å²) in [6.07, 6.45) is 1.00. The molecule has 0 fully saturated rings. The topological polar surface area (TPSA) is 102 Å². The number of anilines is 2. The van der Waals surface area contributed by atoms with E-state index in [9.17, 15) is 18.0 Å². The maximum absolute atomic E-state index is 12.3. The van der Waals surface area contributed by atoms with E-state index >= 15 is 0 Å². The standard InChI is InChI=1S/C18H20N2O6S/c1-25-16-10-6-14(7-11-16)19-17(21)12-20(27(3,23)24)15-8-4-13(5-9-15)18(22)26-2/h4-11H,12H2,1-3H3,(H,19,21). The number of amides is 1. The van der Waals surface area contributed by atoms with E-state index in [1.54, 1.807) is 24.3 Å². The van der Waals surface area contributed by atoms with Crippen LogP contribution in [0.2, 0.25) is 0 Å². The first kappa shape index (κ1) is 20.2. The van der Waals surface area contributed by atoms with E-state index in [4.69, 9.17) is 4.74 Å². The monoisotopic (exact) mass is 392 g/mol. The Kier molecular flexibility index (Phi) is 6.40. The molecule has 0 saturated carbocycles. The zero-order valence-corrected chi connectivity index (χ0v) is 15.9. The van der Waals surface area contributed by atoms with Gasteiger partial charge in [0.25, 0.3) is 0 Å². The molecule has 0 atom stereocenters. The van der Waals surface area contributed by atoms with E-state index in [0.717, 1.165) is 10.6 Å². The van der Waals surface area contributed by atoms with Crippen LogP contribution >= 0.6 is 0 Å². The lowest BCUT2D eigenvalue weighted by Crippen LogP contribution is -2.37. The molecule has 144 valence electrons. The maximum atomic E-state index is 12.3. The second kappa shape index (κ2) is 8.54. The van der Waals surface area contributed by atoms with Gasteiger partial charge in [-0.25, -0.2) is 13.2 Å². The van der Waals surface area contributed by atoms with Gasteiger partial charge in [0.2, 0.25) is 15.9 Å². The molecule has 0 aliphatic carbocycles. The third-order valence-electron chi connectivity index (χ3n) is 3.64. The minimum absolute atomic E-state index is 0.259. The van der Waals surface area contributed by atoms with Crippen LogP contribution in [0.25, 0.3) is 0 Å². The van der Waals surface area contributed by atoms with Crippen molar-refractivity contribution in [3.8, 4) is 5.75 Å². The van der Waals surface area contributed by atoms with Gasteiger partial charge in [-0.3, -0.25) is 9.10 Å². The number of ether oxygens (including phenoxy) is 2. The van der Waals surface area contributed by atoms with Gasteiger partial charge in [-0.15, -0.1) is 0 Å². The number of esters is 1. The fraction of sp³-hybridized carbons (Fsp3) is 0.222. The summed E-state index contributed by atoms with van der Waals surface area (Å²) in [7, 11) is -0.935. The number of nitrogens with zero attached hydrogens (tertiary/aromatic N) is 1. The molecule has 0 radical (unpaired) electrons. The summed E-state index contributed by atoms with van der Waals surface area (Å²) in [5.41, 5.74) is 1.04. The highest BCUT2D eigenvalue weighted by Gasteiger charge is 2.21. The minimum atomic E-state index is -3.72. The lowest BCUT2D eigenvalue weighted by molar-refractivity contribution is -0.114. The van der Waals surface area contributed by atoms with Gasteiger partial charge in [0.1, 0.15) is 12.3 Å². The maximum Gasteiger partial charge on any atom is 0.337 e. The van der Waals surface area contributed by atoms with Crippen LogP contribution in [0, 0.1) is 0 Å². The summed E-state index contributed by atoms with van der Waals surface area (Å²) in [5, 5.41) is 2.63. The van der Waals surface area contributed by atoms with Crippen molar-refractivity contribution in [1.82, 2.24) is 0 Å². The van der Waals surface area contributed by atoms with Gasteiger partial charge in [0, 0.05) is 5.69 Å². The molecule has 27 heavy (non-hydrogen) atoms. The average Bonchev–Trinajstić information content (AvgIpc) is 2.65. The second-order valence-electron chi connectivity index (χ2n) is 5.58. The zero-order valence-electron chi connectivity index (χ0n) is 15.1. The van der Waals surface area contributed by atoms with Crippen LogP contribution < -0.4 is 14.4 Å². The van der Waals surface area contributed by atoms with Gasteiger partial charge in [-0.2, -0.15) is 0 Å². The molecular weight excluding hydrogens is 372 g/mol. The molecule has 0 heterocycles. The molecule has 0 aromatic heterocycles.